The van der Waals surface area contributed by atoms with Crippen LogP contribution in [0.5, 0.6) is 5.75 Å². The molecule has 5 heteroatoms. The van der Waals surface area contributed by atoms with Crippen molar-refractivity contribution in [2.45, 2.75) is 11.4 Å². The molecule has 0 unspecified atom stereocenters. The Hall–Kier alpha value is -2.14. The first-order chi connectivity index (χ1) is 10.2. The zero-order chi connectivity index (χ0) is 15.1. The zero-order valence-corrected chi connectivity index (χ0v) is 12.7. The molecule has 0 saturated carbocycles. The molecule has 0 aliphatic rings. The molecule has 110 valence electrons. The molecule has 3 N–H and O–H groups in total. The third-order valence-electron chi connectivity index (χ3n) is 2.87. The third-order valence-corrected chi connectivity index (χ3v) is 3.60. The van der Waals surface area contributed by atoms with Crippen molar-refractivity contribution in [1.29, 1.82) is 0 Å². The molecule has 0 aromatic heterocycles. The van der Waals surface area contributed by atoms with E-state index in [0.717, 1.165) is 17.8 Å². The number of benzene rings is 2. The first-order valence-electron chi connectivity index (χ1n) is 6.55. The third kappa shape index (κ3) is 5.04. The lowest BCUT2D eigenvalue weighted by Gasteiger charge is -2.09. The fraction of sp³-hybridized carbons (Fsp3) is 0.188. The average Bonchev–Trinajstić information content (AvgIpc) is 2.52. The molecule has 0 aliphatic carbocycles. The van der Waals surface area contributed by atoms with E-state index in [0.29, 0.717) is 5.75 Å². The van der Waals surface area contributed by atoms with Crippen LogP contribution in [0.25, 0.3) is 0 Å². The molecule has 4 nitrogen and oxygen atoms in total. The van der Waals surface area contributed by atoms with E-state index < -0.39 is 5.91 Å². The molecule has 0 atom stereocenters. The maximum absolute atomic E-state index is 10.6. The van der Waals surface area contributed by atoms with Gasteiger partial charge in [0.1, 0.15) is 5.75 Å². The molecular formula is C16H18N2O2S. The molecule has 2 rings (SSSR count). The van der Waals surface area contributed by atoms with Gasteiger partial charge in [0, 0.05) is 17.1 Å². The van der Waals surface area contributed by atoms with Gasteiger partial charge in [0.25, 0.3) is 5.91 Å². The summed E-state index contributed by atoms with van der Waals surface area (Å²) in [6.07, 6.45) is 2.06. The van der Waals surface area contributed by atoms with E-state index in [-0.39, 0.29) is 6.61 Å². The Kier molecular flexibility index (Phi) is 5.51. The van der Waals surface area contributed by atoms with E-state index in [9.17, 15) is 4.79 Å². The number of amides is 1. The number of hydrogen-bond donors (Lipinski definition) is 2. The highest BCUT2D eigenvalue weighted by molar-refractivity contribution is 7.98. The van der Waals surface area contributed by atoms with Crippen LogP contribution >= 0.6 is 11.8 Å². The van der Waals surface area contributed by atoms with Crippen LogP contribution in [-0.2, 0) is 11.3 Å². The van der Waals surface area contributed by atoms with E-state index >= 15 is 0 Å². The van der Waals surface area contributed by atoms with Gasteiger partial charge in [-0.15, -0.1) is 11.8 Å². The molecule has 0 radical (unpaired) electrons. The van der Waals surface area contributed by atoms with Crippen molar-refractivity contribution in [1.82, 2.24) is 0 Å². The standard InChI is InChI=1S/C16H18N2O2S/c1-21-15-4-2-3-13(9-15)18-10-12-5-7-14(8-6-12)20-11-16(17)19/h2-9,18H,10-11H2,1H3,(H2,17,19). The number of thioether (sulfide) groups is 1. The van der Waals surface area contributed by atoms with Crippen molar-refractivity contribution < 1.29 is 9.53 Å². The summed E-state index contributed by atoms with van der Waals surface area (Å²) in [6.45, 7) is 0.632. The van der Waals surface area contributed by atoms with Crippen molar-refractivity contribution in [3.05, 3.63) is 54.1 Å². The highest BCUT2D eigenvalue weighted by Gasteiger charge is 1.99. The number of anilines is 1. The van der Waals surface area contributed by atoms with Crippen LogP contribution in [0, 0.1) is 0 Å². The Morgan fingerprint density at radius 3 is 2.67 bits per heavy atom. The lowest BCUT2D eigenvalue weighted by molar-refractivity contribution is -0.119. The van der Waals surface area contributed by atoms with E-state index in [1.165, 1.54) is 4.90 Å². The van der Waals surface area contributed by atoms with Crippen molar-refractivity contribution in [2.75, 3.05) is 18.2 Å². The van der Waals surface area contributed by atoms with Gasteiger partial charge in [0.15, 0.2) is 6.61 Å². The number of nitrogens with two attached hydrogens (primary N) is 1. The smallest absolute Gasteiger partial charge is 0.255 e. The van der Waals surface area contributed by atoms with Crippen LogP contribution in [0.1, 0.15) is 5.56 Å². The van der Waals surface area contributed by atoms with Crippen LogP contribution in [0.3, 0.4) is 0 Å². The summed E-state index contributed by atoms with van der Waals surface area (Å²) in [5.74, 6) is 0.163. The molecule has 0 saturated heterocycles. The fourth-order valence-corrected chi connectivity index (χ4v) is 2.25. The van der Waals surface area contributed by atoms with E-state index in [2.05, 4.69) is 23.7 Å². The van der Waals surface area contributed by atoms with Crippen molar-refractivity contribution in [3.63, 3.8) is 0 Å². The van der Waals surface area contributed by atoms with E-state index in [1.807, 2.05) is 36.4 Å². The first-order valence-corrected chi connectivity index (χ1v) is 7.78. The summed E-state index contributed by atoms with van der Waals surface area (Å²) in [5, 5.41) is 3.38. The lowest BCUT2D eigenvalue weighted by Crippen LogP contribution is -2.19. The minimum Gasteiger partial charge on any atom is -0.484 e. The number of rotatable bonds is 7. The Morgan fingerprint density at radius 1 is 1.24 bits per heavy atom. The molecule has 21 heavy (non-hydrogen) atoms. The maximum atomic E-state index is 10.6. The summed E-state index contributed by atoms with van der Waals surface area (Å²) in [5.41, 5.74) is 7.26. The normalized spacial score (nSPS) is 10.1. The van der Waals surface area contributed by atoms with Gasteiger partial charge in [-0.1, -0.05) is 18.2 Å². The second kappa shape index (κ2) is 7.59. The van der Waals surface area contributed by atoms with Crippen molar-refractivity contribution in [3.8, 4) is 5.75 Å². The predicted octanol–water partition coefficient (Wildman–Crippen LogP) is 2.88. The van der Waals surface area contributed by atoms with Gasteiger partial charge >= 0.3 is 0 Å². The molecule has 0 heterocycles. The second-order valence-corrected chi connectivity index (χ2v) is 5.36. The van der Waals surface area contributed by atoms with Gasteiger partial charge in [-0.25, -0.2) is 0 Å². The Balaban J connectivity index is 1.89. The van der Waals surface area contributed by atoms with Crippen LogP contribution in [0.4, 0.5) is 5.69 Å². The van der Waals surface area contributed by atoms with Crippen LogP contribution in [0.15, 0.2) is 53.4 Å². The average molecular weight is 302 g/mol. The zero-order valence-electron chi connectivity index (χ0n) is 11.8. The highest BCUT2D eigenvalue weighted by atomic mass is 32.2. The van der Waals surface area contributed by atoms with Gasteiger partial charge in [-0.2, -0.15) is 0 Å². The minimum atomic E-state index is -0.477. The van der Waals surface area contributed by atoms with Crippen LogP contribution in [0.2, 0.25) is 0 Å². The molecule has 2 aromatic carbocycles. The van der Waals surface area contributed by atoms with Gasteiger partial charge in [-0.05, 0) is 42.2 Å². The summed E-state index contributed by atoms with van der Waals surface area (Å²) in [6, 6.07) is 15.9. The second-order valence-electron chi connectivity index (χ2n) is 4.48. The Labute approximate surface area is 128 Å². The highest BCUT2D eigenvalue weighted by Crippen LogP contribution is 2.20. The minimum absolute atomic E-state index is 0.0981. The lowest BCUT2D eigenvalue weighted by atomic mass is 10.2. The summed E-state index contributed by atoms with van der Waals surface area (Å²) >= 11 is 1.72. The quantitative estimate of drug-likeness (QED) is 0.772. The molecule has 1 amide bonds. The van der Waals surface area contributed by atoms with Gasteiger partial charge in [0.2, 0.25) is 0 Å². The summed E-state index contributed by atoms with van der Waals surface area (Å²) < 4.78 is 5.22. The van der Waals surface area contributed by atoms with Gasteiger partial charge in [0.05, 0.1) is 0 Å². The van der Waals surface area contributed by atoms with Gasteiger partial charge in [-0.3, -0.25) is 4.79 Å². The largest absolute Gasteiger partial charge is 0.484 e. The summed E-state index contributed by atoms with van der Waals surface area (Å²) in [7, 11) is 0. The molecule has 0 aliphatic heterocycles. The topological polar surface area (TPSA) is 64.3 Å². The monoisotopic (exact) mass is 302 g/mol. The number of ether oxygens (including phenoxy) is 1. The number of carbonyl (C=O) groups excluding carboxylic acids is 1. The number of primary amides is 1. The number of hydrogen-bond acceptors (Lipinski definition) is 4. The Morgan fingerprint density at radius 2 is 2.00 bits per heavy atom. The molecule has 2 aromatic rings. The van der Waals surface area contributed by atoms with E-state index in [1.54, 1.807) is 11.8 Å². The van der Waals surface area contributed by atoms with Crippen LogP contribution in [-0.4, -0.2) is 18.8 Å². The number of nitrogens with one attached hydrogen (secondary N) is 1. The predicted molar refractivity (Wildman–Crippen MR) is 86.7 cm³/mol. The maximum Gasteiger partial charge on any atom is 0.255 e. The first kappa shape index (κ1) is 15.3. The SMILES string of the molecule is CSc1cccc(NCc2ccc(OCC(N)=O)cc2)c1. The summed E-state index contributed by atoms with van der Waals surface area (Å²) in [4.78, 5) is 11.9. The number of carbonyl (C=O) groups is 1. The van der Waals surface area contributed by atoms with Gasteiger partial charge < -0.3 is 15.8 Å². The Bertz CT molecular complexity index is 599. The van der Waals surface area contributed by atoms with Crippen molar-refractivity contribution >= 4 is 23.4 Å². The molecular weight excluding hydrogens is 284 g/mol. The van der Waals surface area contributed by atoms with E-state index in [4.69, 9.17) is 10.5 Å². The molecule has 0 fully saturated rings. The molecule has 0 bridgehead atoms. The fourth-order valence-electron chi connectivity index (χ4n) is 1.80. The van der Waals surface area contributed by atoms with Crippen molar-refractivity contribution in [2.24, 2.45) is 5.73 Å². The van der Waals surface area contributed by atoms with Crippen LogP contribution < -0.4 is 15.8 Å². The molecule has 0 spiro atoms.